The van der Waals surface area contributed by atoms with Crippen molar-refractivity contribution in [3.63, 3.8) is 0 Å². The molecule has 6 nitrogen and oxygen atoms in total. The van der Waals surface area contributed by atoms with Crippen LogP contribution in [-0.2, 0) is 17.6 Å². The molecule has 0 saturated carbocycles. The maximum Gasteiger partial charge on any atom is 0.279 e. The van der Waals surface area contributed by atoms with E-state index >= 15 is 0 Å². The van der Waals surface area contributed by atoms with Crippen molar-refractivity contribution in [2.45, 2.75) is 50.1 Å². The fourth-order valence-electron chi connectivity index (χ4n) is 3.83. The van der Waals surface area contributed by atoms with Crippen molar-refractivity contribution in [2.75, 3.05) is 5.32 Å². The first-order chi connectivity index (χ1) is 15.3. The third kappa shape index (κ3) is 4.72. The predicted octanol–water partition coefficient (Wildman–Crippen LogP) is 4.64. The predicted molar refractivity (Wildman–Crippen MR) is 128 cm³/mol. The van der Waals surface area contributed by atoms with Crippen LogP contribution < -0.4 is 15.6 Å². The number of anilines is 1. The zero-order chi connectivity index (χ0) is 22.8. The van der Waals surface area contributed by atoms with Crippen LogP contribution in [0.3, 0.4) is 0 Å². The SMILES string of the molecule is Cc1ccc(CSc2nc(=O)c3c(n2C)NC(=O)C[C@@H]3c2ccc(OC(C)C)cc2)cc1. The first kappa shape index (κ1) is 22.1. The van der Waals surface area contributed by atoms with E-state index in [0.717, 1.165) is 16.9 Å². The minimum absolute atomic E-state index is 0.0781. The summed E-state index contributed by atoms with van der Waals surface area (Å²) < 4.78 is 7.53. The van der Waals surface area contributed by atoms with Crippen LogP contribution in [0, 0.1) is 6.92 Å². The minimum Gasteiger partial charge on any atom is -0.491 e. The van der Waals surface area contributed by atoms with E-state index in [9.17, 15) is 9.59 Å². The largest absolute Gasteiger partial charge is 0.491 e. The van der Waals surface area contributed by atoms with Gasteiger partial charge in [-0.1, -0.05) is 53.7 Å². The first-order valence-corrected chi connectivity index (χ1v) is 11.7. The van der Waals surface area contributed by atoms with Crippen molar-refractivity contribution in [1.82, 2.24) is 9.55 Å². The highest BCUT2D eigenvalue weighted by Crippen LogP contribution is 2.36. The Morgan fingerprint density at radius 1 is 1.12 bits per heavy atom. The number of hydrogen-bond acceptors (Lipinski definition) is 5. The Kier molecular flexibility index (Phi) is 6.37. The van der Waals surface area contributed by atoms with Crippen LogP contribution >= 0.6 is 11.8 Å². The maximum atomic E-state index is 13.1. The van der Waals surface area contributed by atoms with Crippen LogP contribution in [0.2, 0.25) is 0 Å². The fourth-order valence-corrected chi connectivity index (χ4v) is 4.75. The molecule has 7 heteroatoms. The van der Waals surface area contributed by atoms with Gasteiger partial charge in [-0.05, 0) is 44.0 Å². The van der Waals surface area contributed by atoms with Crippen LogP contribution in [0.4, 0.5) is 5.82 Å². The molecule has 32 heavy (non-hydrogen) atoms. The fraction of sp³-hybridized carbons (Fsp3) is 0.320. The van der Waals surface area contributed by atoms with Gasteiger partial charge in [0, 0.05) is 25.1 Å². The van der Waals surface area contributed by atoms with E-state index in [0.29, 0.717) is 22.3 Å². The van der Waals surface area contributed by atoms with Crippen LogP contribution in [0.25, 0.3) is 0 Å². The lowest BCUT2D eigenvalue weighted by atomic mass is 9.87. The summed E-state index contributed by atoms with van der Waals surface area (Å²) in [4.78, 5) is 30.0. The molecule has 1 N–H and O–H groups in total. The standard InChI is InChI=1S/C25H27N3O3S/c1-15(2)31-19-11-9-18(10-12-19)20-13-21(29)26-23-22(20)24(30)27-25(28(23)4)32-14-17-7-5-16(3)6-8-17/h5-12,15,20H,13-14H2,1-4H3,(H,26,29)/t20-/m1/s1. The third-order valence-electron chi connectivity index (χ3n) is 5.44. The van der Waals surface area contributed by atoms with Crippen LogP contribution in [0.1, 0.15) is 48.4 Å². The van der Waals surface area contributed by atoms with Gasteiger partial charge in [0.25, 0.3) is 5.56 Å². The molecule has 1 amide bonds. The molecule has 0 aliphatic carbocycles. The molecule has 0 spiro atoms. The van der Waals surface area contributed by atoms with Gasteiger partial charge in [-0.15, -0.1) is 0 Å². The quantitative estimate of drug-likeness (QED) is 0.438. The molecule has 4 rings (SSSR count). The van der Waals surface area contributed by atoms with Gasteiger partial charge in [0.15, 0.2) is 5.16 Å². The van der Waals surface area contributed by atoms with Gasteiger partial charge < -0.3 is 14.6 Å². The summed E-state index contributed by atoms with van der Waals surface area (Å²) in [6, 6.07) is 15.9. The van der Waals surface area contributed by atoms with E-state index in [1.54, 1.807) is 0 Å². The monoisotopic (exact) mass is 449 g/mol. The van der Waals surface area contributed by atoms with E-state index in [1.807, 2.05) is 49.7 Å². The number of nitrogens with zero attached hydrogens (tertiary/aromatic N) is 2. The normalized spacial score (nSPS) is 15.4. The smallest absolute Gasteiger partial charge is 0.279 e. The number of ether oxygens (including phenoxy) is 1. The van der Waals surface area contributed by atoms with E-state index in [4.69, 9.17) is 4.74 Å². The lowest BCUT2D eigenvalue weighted by Gasteiger charge is -2.27. The van der Waals surface area contributed by atoms with E-state index in [-0.39, 0.29) is 29.9 Å². The highest BCUT2D eigenvalue weighted by molar-refractivity contribution is 7.98. The van der Waals surface area contributed by atoms with Crippen LogP contribution in [0.15, 0.2) is 58.5 Å². The highest BCUT2D eigenvalue weighted by atomic mass is 32.2. The molecule has 1 aliphatic heterocycles. The van der Waals surface area contributed by atoms with Gasteiger partial charge in [-0.3, -0.25) is 9.59 Å². The van der Waals surface area contributed by atoms with E-state index < -0.39 is 0 Å². The number of hydrogen-bond donors (Lipinski definition) is 1. The second-order valence-corrected chi connectivity index (χ2v) is 9.28. The van der Waals surface area contributed by atoms with Crippen molar-refractivity contribution in [2.24, 2.45) is 7.05 Å². The molecule has 3 aromatic rings. The Hall–Kier alpha value is -3.06. The topological polar surface area (TPSA) is 73.2 Å². The molecule has 0 fully saturated rings. The van der Waals surface area contributed by atoms with E-state index in [1.165, 1.54) is 17.3 Å². The number of amides is 1. The summed E-state index contributed by atoms with van der Waals surface area (Å²) in [5.41, 5.74) is 3.49. The summed E-state index contributed by atoms with van der Waals surface area (Å²) in [7, 11) is 1.84. The van der Waals surface area contributed by atoms with Gasteiger partial charge in [0.05, 0.1) is 11.7 Å². The van der Waals surface area contributed by atoms with Crippen LogP contribution in [-0.4, -0.2) is 21.6 Å². The Bertz CT molecular complexity index is 1180. The molecule has 1 aliphatic rings. The summed E-state index contributed by atoms with van der Waals surface area (Å²) in [5.74, 6) is 1.53. The molecule has 0 bridgehead atoms. The molecule has 0 saturated heterocycles. The number of benzene rings is 2. The minimum atomic E-state index is -0.339. The van der Waals surface area contributed by atoms with Crippen molar-refractivity contribution >= 4 is 23.5 Å². The van der Waals surface area contributed by atoms with Crippen molar-refractivity contribution < 1.29 is 9.53 Å². The lowest BCUT2D eigenvalue weighted by Crippen LogP contribution is -2.33. The van der Waals surface area contributed by atoms with Crippen molar-refractivity contribution in [3.05, 3.63) is 81.1 Å². The van der Waals surface area contributed by atoms with Gasteiger partial charge in [-0.25, -0.2) is 0 Å². The summed E-state index contributed by atoms with van der Waals surface area (Å²) in [5, 5.41) is 3.48. The highest BCUT2D eigenvalue weighted by Gasteiger charge is 2.32. The first-order valence-electron chi connectivity index (χ1n) is 10.7. The van der Waals surface area contributed by atoms with Gasteiger partial charge in [0.2, 0.25) is 5.91 Å². The summed E-state index contributed by atoms with van der Waals surface area (Å²) in [6.07, 6.45) is 0.291. The number of nitrogens with one attached hydrogen (secondary N) is 1. The van der Waals surface area contributed by atoms with Crippen molar-refractivity contribution in [3.8, 4) is 5.75 Å². The average molecular weight is 450 g/mol. The Labute approximate surface area is 192 Å². The molecule has 2 aromatic carbocycles. The zero-order valence-electron chi connectivity index (χ0n) is 18.7. The Balaban J connectivity index is 1.65. The number of fused-ring (bicyclic) bond motifs is 1. The number of carbonyl (C=O) groups is 1. The Morgan fingerprint density at radius 3 is 2.47 bits per heavy atom. The summed E-state index contributed by atoms with van der Waals surface area (Å²) in [6.45, 7) is 5.99. The maximum absolute atomic E-state index is 13.1. The second kappa shape index (κ2) is 9.20. The van der Waals surface area contributed by atoms with Crippen LogP contribution in [0.5, 0.6) is 5.75 Å². The average Bonchev–Trinajstić information content (AvgIpc) is 2.76. The van der Waals surface area contributed by atoms with Gasteiger partial charge >= 0.3 is 0 Å². The number of thioether (sulfide) groups is 1. The number of carbonyl (C=O) groups excluding carboxylic acids is 1. The van der Waals surface area contributed by atoms with Gasteiger partial charge in [-0.2, -0.15) is 4.98 Å². The Morgan fingerprint density at radius 2 is 1.81 bits per heavy atom. The zero-order valence-corrected chi connectivity index (χ0v) is 19.5. The lowest BCUT2D eigenvalue weighted by molar-refractivity contribution is -0.116. The molecule has 1 aromatic heterocycles. The molecule has 2 heterocycles. The van der Waals surface area contributed by atoms with E-state index in [2.05, 4.69) is 41.5 Å². The molecule has 0 radical (unpaired) electrons. The molecular formula is C25H27N3O3S. The second-order valence-electron chi connectivity index (χ2n) is 8.34. The molecule has 1 atom stereocenters. The van der Waals surface area contributed by atoms with Crippen molar-refractivity contribution in [1.29, 1.82) is 0 Å². The third-order valence-corrected chi connectivity index (χ3v) is 6.54. The molecular weight excluding hydrogens is 422 g/mol. The number of aromatic nitrogens is 2. The number of aryl methyl sites for hydroxylation is 1. The summed E-state index contributed by atoms with van der Waals surface area (Å²) >= 11 is 1.48. The number of rotatable bonds is 6. The molecule has 0 unspecified atom stereocenters. The molecule has 166 valence electrons. The van der Waals surface area contributed by atoms with Gasteiger partial charge in [0.1, 0.15) is 11.6 Å².